The van der Waals surface area contributed by atoms with Crippen molar-refractivity contribution < 1.29 is 19.7 Å². The number of rotatable bonds is 8. The van der Waals surface area contributed by atoms with Crippen LogP contribution in [0.4, 0.5) is 0 Å². The summed E-state index contributed by atoms with van der Waals surface area (Å²) in [6.07, 6.45) is -0.229. The fourth-order valence-electron chi connectivity index (χ4n) is 2.14. The van der Waals surface area contributed by atoms with Crippen LogP contribution in [0.1, 0.15) is 25.0 Å². The Hall–Kier alpha value is -2.04. The molecule has 124 valence electrons. The van der Waals surface area contributed by atoms with E-state index in [9.17, 15) is 10.2 Å². The zero-order valence-corrected chi connectivity index (χ0v) is 13.6. The van der Waals surface area contributed by atoms with Gasteiger partial charge in [0.2, 0.25) is 0 Å². The van der Waals surface area contributed by atoms with Gasteiger partial charge in [-0.15, -0.1) is 0 Å². The van der Waals surface area contributed by atoms with Gasteiger partial charge in [0, 0.05) is 6.42 Å². The number of ether oxygens (including phenoxy) is 2. The summed E-state index contributed by atoms with van der Waals surface area (Å²) >= 11 is 0. The van der Waals surface area contributed by atoms with Gasteiger partial charge in [0.05, 0.1) is 12.2 Å². The van der Waals surface area contributed by atoms with Crippen LogP contribution < -0.4 is 9.47 Å². The molecule has 4 heteroatoms. The van der Waals surface area contributed by atoms with Crippen molar-refractivity contribution >= 4 is 0 Å². The molecular weight excluding hydrogens is 292 g/mol. The molecule has 0 saturated carbocycles. The number of aliphatic hydroxyl groups is 2. The molecule has 0 heterocycles. The van der Waals surface area contributed by atoms with Gasteiger partial charge in [-0.05, 0) is 43.2 Å². The van der Waals surface area contributed by atoms with Gasteiger partial charge < -0.3 is 19.7 Å². The minimum absolute atomic E-state index is 0.281. The highest BCUT2D eigenvalue weighted by Crippen LogP contribution is 2.23. The van der Waals surface area contributed by atoms with Crippen LogP contribution >= 0.6 is 0 Å². The molecule has 2 unspecified atom stereocenters. The van der Waals surface area contributed by atoms with Crippen LogP contribution in [-0.2, 0) is 6.42 Å². The Labute approximate surface area is 137 Å². The van der Waals surface area contributed by atoms with Crippen LogP contribution in [0.15, 0.2) is 48.5 Å². The lowest BCUT2D eigenvalue weighted by Gasteiger charge is -2.13. The molecular formula is C19H24O4. The summed E-state index contributed by atoms with van der Waals surface area (Å²) in [7, 11) is 0. The Morgan fingerprint density at radius 1 is 0.826 bits per heavy atom. The van der Waals surface area contributed by atoms with E-state index in [4.69, 9.17) is 9.47 Å². The van der Waals surface area contributed by atoms with Crippen molar-refractivity contribution in [3.8, 4) is 11.5 Å². The molecule has 0 spiro atoms. The van der Waals surface area contributed by atoms with Crippen molar-refractivity contribution in [3.63, 3.8) is 0 Å². The molecule has 0 amide bonds. The lowest BCUT2D eigenvalue weighted by Crippen LogP contribution is -2.13. The van der Waals surface area contributed by atoms with Gasteiger partial charge in [-0.25, -0.2) is 0 Å². The van der Waals surface area contributed by atoms with Gasteiger partial charge in [-0.3, -0.25) is 0 Å². The van der Waals surface area contributed by atoms with E-state index >= 15 is 0 Å². The average Bonchev–Trinajstić information content (AvgIpc) is 2.53. The standard InChI is InChI=1S/C19H24O4/c1-14(20)12-22-18-9-7-16(8-10-18)11-17-5-3-4-6-19(17)23-13-15(2)21/h3-10,14-15,20-21H,11-13H2,1-2H3. The smallest absolute Gasteiger partial charge is 0.122 e. The molecule has 2 rings (SSSR count). The van der Waals surface area contributed by atoms with E-state index in [1.807, 2.05) is 48.5 Å². The third-order valence-electron chi connectivity index (χ3n) is 3.26. The highest BCUT2D eigenvalue weighted by Gasteiger charge is 2.06. The van der Waals surface area contributed by atoms with Crippen LogP contribution in [0.2, 0.25) is 0 Å². The molecule has 2 aromatic rings. The summed E-state index contributed by atoms with van der Waals surface area (Å²) in [5.74, 6) is 1.54. The molecule has 0 bridgehead atoms. The normalized spacial score (nSPS) is 13.4. The molecule has 2 aromatic carbocycles. The van der Waals surface area contributed by atoms with E-state index in [1.54, 1.807) is 13.8 Å². The summed E-state index contributed by atoms with van der Waals surface area (Å²) in [6.45, 7) is 3.96. The largest absolute Gasteiger partial charge is 0.491 e. The van der Waals surface area contributed by atoms with Crippen LogP contribution in [0.25, 0.3) is 0 Å². The first-order valence-corrected chi connectivity index (χ1v) is 7.83. The van der Waals surface area contributed by atoms with Crippen molar-refractivity contribution in [3.05, 3.63) is 59.7 Å². The van der Waals surface area contributed by atoms with E-state index < -0.39 is 12.2 Å². The summed E-state index contributed by atoms with van der Waals surface area (Å²) in [5, 5.41) is 18.6. The molecule has 0 fully saturated rings. The Kier molecular flexibility index (Phi) is 6.44. The van der Waals surface area contributed by atoms with Crippen LogP contribution in [-0.4, -0.2) is 35.6 Å². The van der Waals surface area contributed by atoms with Gasteiger partial charge >= 0.3 is 0 Å². The first-order chi connectivity index (χ1) is 11.0. The molecule has 2 atom stereocenters. The molecule has 0 aromatic heterocycles. The molecule has 23 heavy (non-hydrogen) atoms. The third kappa shape index (κ3) is 5.93. The maximum atomic E-state index is 9.36. The maximum absolute atomic E-state index is 9.36. The Balaban J connectivity index is 2.01. The van der Waals surface area contributed by atoms with Crippen molar-refractivity contribution in [2.75, 3.05) is 13.2 Å². The predicted molar refractivity (Wildman–Crippen MR) is 90.0 cm³/mol. The highest BCUT2D eigenvalue weighted by molar-refractivity contribution is 5.38. The summed E-state index contributed by atoms with van der Waals surface area (Å²) in [6, 6.07) is 15.6. The number of para-hydroxylation sites is 1. The van der Waals surface area contributed by atoms with E-state index in [-0.39, 0.29) is 13.2 Å². The minimum Gasteiger partial charge on any atom is -0.491 e. The van der Waals surface area contributed by atoms with Gasteiger partial charge in [-0.1, -0.05) is 30.3 Å². The number of aliphatic hydroxyl groups excluding tert-OH is 2. The first-order valence-electron chi connectivity index (χ1n) is 7.83. The van der Waals surface area contributed by atoms with Gasteiger partial charge in [0.1, 0.15) is 24.7 Å². The Bertz CT molecular complexity index is 591. The van der Waals surface area contributed by atoms with E-state index in [0.29, 0.717) is 0 Å². The zero-order valence-electron chi connectivity index (χ0n) is 13.6. The van der Waals surface area contributed by atoms with Crippen molar-refractivity contribution in [1.82, 2.24) is 0 Å². The zero-order chi connectivity index (χ0) is 16.7. The molecule has 0 radical (unpaired) electrons. The molecule has 4 nitrogen and oxygen atoms in total. The second-order valence-electron chi connectivity index (χ2n) is 5.75. The fraction of sp³-hybridized carbons (Fsp3) is 0.368. The lowest BCUT2D eigenvalue weighted by atomic mass is 10.0. The second-order valence-corrected chi connectivity index (χ2v) is 5.75. The molecule has 0 saturated heterocycles. The summed E-state index contributed by atoms with van der Waals surface area (Å²) < 4.78 is 11.1. The highest BCUT2D eigenvalue weighted by atomic mass is 16.5. The van der Waals surface area contributed by atoms with Crippen LogP contribution in [0, 0.1) is 0 Å². The first kappa shape index (κ1) is 17.3. The Morgan fingerprint density at radius 2 is 1.43 bits per heavy atom. The number of hydrogen-bond donors (Lipinski definition) is 2. The predicted octanol–water partition coefficient (Wildman–Crippen LogP) is 2.80. The molecule has 0 aliphatic carbocycles. The topological polar surface area (TPSA) is 58.9 Å². The number of benzene rings is 2. The molecule has 0 aliphatic heterocycles. The van der Waals surface area contributed by atoms with Gasteiger partial charge in [-0.2, -0.15) is 0 Å². The van der Waals surface area contributed by atoms with E-state index in [2.05, 4.69) is 0 Å². The minimum atomic E-state index is -0.492. The lowest BCUT2D eigenvalue weighted by molar-refractivity contribution is 0.122. The van der Waals surface area contributed by atoms with Crippen molar-refractivity contribution in [1.29, 1.82) is 0 Å². The number of hydrogen-bond acceptors (Lipinski definition) is 4. The van der Waals surface area contributed by atoms with E-state index in [0.717, 1.165) is 29.0 Å². The Morgan fingerprint density at radius 3 is 2.09 bits per heavy atom. The SMILES string of the molecule is CC(O)COc1ccc(Cc2ccccc2OCC(C)O)cc1. The van der Waals surface area contributed by atoms with E-state index in [1.165, 1.54) is 0 Å². The molecule has 0 aliphatic rings. The third-order valence-corrected chi connectivity index (χ3v) is 3.26. The maximum Gasteiger partial charge on any atom is 0.122 e. The second kappa shape index (κ2) is 8.56. The van der Waals surface area contributed by atoms with Crippen molar-refractivity contribution in [2.45, 2.75) is 32.5 Å². The fourth-order valence-corrected chi connectivity index (χ4v) is 2.14. The van der Waals surface area contributed by atoms with Crippen LogP contribution in [0.3, 0.4) is 0 Å². The molecule has 2 N–H and O–H groups in total. The van der Waals surface area contributed by atoms with Gasteiger partial charge in [0.25, 0.3) is 0 Å². The summed E-state index contributed by atoms with van der Waals surface area (Å²) in [5.41, 5.74) is 2.22. The van der Waals surface area contributed by atoms with Gasteiger partial charge in [0.15, 0.2) is 0 Å². The van der Waals surface area contributed by atoms with Crippen molar-refractivity contribution in [2.24, 2.45) is 0 Å². The quantitative estimate of drug-likeness (QED) is 0.786. The average molecular weight is 316 g/mol. The monoisotopic (exact) mass is 316 g/mol. The summed E-state index contributed by atoms with van der Waals surface area (Å²) in [4.78, 5) is 0. The van der Waals surface area contributed by atoms with Crippen LogP contribution in [0.5, 0.6) is 11.5 Å².